The lowest BCUT2D eigenvalue weighted by molar-refractivity contribution is -0.132. The van der Waals surface area contributed by atoms with Crippen molar-refractivity contribution in [2.75, 3.05) is 25.9 Å². The van der Waals surface area contributed by atoms with Gasteiger partial charge in [0.15, 0.2) is 0 Å². The summed E-state index contributed by atoms with van der Waals surface area (Å²) in [6, 6.07) is 0.251. The van der Waals surface area contributed by atoms with Gasteiger partial charge >= 0.3 is 5.97 Å². The molecule has 0 aromatic heterocycles. The molecule has 7 heteroatoms. The van der Waals surface area contributed by atoms with Crippen LogP contribution in [0.4, 0.5) is 0 Å². The van der Waals surface area contributed by atoms with Gasteiger partial charge in [-0.3, -0.25) is 0 Å². The molecule has 0 radical (unpaired) electrons. The third-order valence-electron chi connectivity index (χ3n) is 3.08. The van der Waals surface area contributed by atoms with E-state index < -0.39 is 16.0 Å². The molecule has 6 nitrogen and oxygen atoms in total. The predicted molar refractivity (Wildman–Crippen MR) is 68.8 cm³/mol. The minimum Gasteiger partial charge on any atom is -0.478 e. The molecule has 0 amide bonds. The van der Waals surface area contributed by atoms with Gasteiger partial charge in [-0.05, 0) is 19.8 Å². The molecule has 0 saturated carbocycles. The standard InChI is InChI=1S/C11H20N2O4S/c1-9(11(14)15)3-6-12-10-4-7-13(8-5-10)18(2,16)17/h3,10,12H,4-8H2,1-2H3,(H,14,15). The minimum absolute atomic E-state index is 0.251. The topological polar surface area (TPSA) is 86.7 Å². The van der Waals surface area contributed by atoms with Crippen LogP contribution in [-0.4, -0.2) is 55.7 Å². The fourth-order valence-corrected chi connectivity index (χ4v) is 2.73. The molecule has 0 aromatic rings. The monoisotopic (exact) mass is 276 g/mol. The number of aliphatic carboxylic acids is 1. The second kappa shape index (κ2) is 6.31. The molecule has 1 aliphatic heterocycles. The lowest BCUT2D eigenvalue weighted by atomic mass is 10.1. The third kappa shape index (κ3) is 4.75. The molecule has 2 N–H and O–H groups in total. The Morgan fingerprint density at radius 1 is 1.44 bits per heavy atom. The van der Waals surface area contributed by atoms with Gasteiger partial charge in [0, 0.05) is 31.2 Å². The molecule has 0 atom stereocenters. The fraction of sp³-hybridized carbons (Fsp3) is 0.727. The van der Waals surface area contributed by atoms with Gasteiger partial charge < -0.3 is 10.4 Å². The number of hydrogen-bond donors (Lipinski definition) is 2. The number of piperidine rings is 1. The number of nitrogens with one attached hydrogen (secondary N) is 1. The van der Waals surface area contributed by atoms with Crippen molar-refractivity contribution in [2.45, 2.75) is 25.8 Å². The van der Waals surface area contributed by atoms with Crippen LogP contribution in [0.1, 0.15) is 19.8 Å². The summed E-state index contributed by atoms with van der Waals surface area (Å²) < 4.78 is 24.1. The maximum absolute atomic E-state index is 11.3. The minimum atomic E-state index is -3.08. The highest BCUT2D eigenvalue weighted by molar-refractivity contribution is 7.88. The molecule has 0 bridgehead atoms. The second-order valence-electron chi connectivity index (χ2n) is 4.54. The van der Waals surface area contributed by atoms with E-state index >= 15 is 0 Å². The quantitative estimate of drug-likeness (QED) is 0.692. The summed E-state index contributed by atoms with van der Waals surface area (Å²) in [5.41, 5.74) is 0.316. The van der Waals surface area contributed by atoms with Crippen LogP contribution in [0, 0.1) is 0 Å². The van der Waals surface area contributed by atoms with Crippen molar-refractivity contribution in [3.63, 3.8) is 0 Å². The first kappa shape index (κ1) is 15.1. The van der Waals surface area contributed by atoms with E-state index in [1.807, 2.05) is 0 Å². The molecular formula is C11H20N2O4S. The first-order valence-electron chi connectivity index (χ1n) is 5.89. The van der Waals surface area contributed by atoms with Gasteiger partial charge in [0.1, 0.15) is 0 Å². The van der Waals surface area contributed by atoms with E-state index in [2.05, 4.69) is 5.32 Å². The third-order valence-corrected chi connectivity index (χ3v) is 4.38. The second-order valence-corrected chi connectivity index (χ2v) is 6.52. The molecule has 1 heterocycles. The summed E-state index contributed by atoms with van der Waals surface area (Å²) >= 11 is 0. The summed E-state index contributed by atoms with van der Waals surface area (Å²) in [4.78, 5) is 10.6. The molecule has 1 fully saturated rings. The van der Waals surface area contributed by atoms with Gasteiger partial charge in [0.2, 0.25) is 10.0 Å². The van der Waals surface area contributed by atoms with E-state index in [1.165, 1.54) is 10.6 Å². The number of rotatable bonds is 5. The summed E-state index contributed by atoms with van der Waals surface area (Å²) in [5.74, 6) is -0.913. The van der Waals surface area contributed by atoms with E-state index in [4.69, 9.17) is 5.11 Å². The Bertz CT molecular complexity index is 422. The highest BCUT2D eigenvalue weighted by atomic mass is 32.2. The fourth-order valence-electron chi connectivity index (χ4n) is 1.86. The Hall–Kier alpha value is -0.920. The van der Waals surface area contributed by atoms with Crippen molar-refractivity contribution in [1.82, 2.24) is 9.62 Å². The number of sulfonamides is 1. The summed E-state index contributed by atoms with van der Waals surface area (Å²) in [7, 11) is -3.08. The Balaban J connectivity index is 2.33. The van der Waals surface area contributed by atoms with E-state index in [-0.39, 0.29) is 6.04 Å². The Morgan fingerprint density at radius 3 is 2.44 bits per heavy atom. The number of nitrogens with zero attached hydrogens (tertiary/aromatic N) is 1. The van der Waals surface area contributed by atoms with Crippen molar-refractivity contribution in [1.29, 1.82) is 0 Å². The summed E-state index contributed by atoms with van der Waals surface area (Å²) in [5, 5.41) is 11.9. The van der Waals surface area contributed by atoms with Gasteiger partial charge in [0.25, 0.3) is 0 Å². The van der Waals surface area contributed by atoms with Gasteiger partial charge in [-0.2, -0.15) is 0 Å². The van der Waals surface area contributed by atoms with Crippen molar-refractivity contribution in [3.05, 3.63) is 11.6 Å². The highest BCUT2D eigenvalue weighted by Crippen LogP contribution is 2.12. The maximum atomic E-state index is 11.3. The van der Waals surface area contributed by atoms with Gasteiger partial charge in [0.05, 0.1) is 6.26 Å². The molecule has 0 unspecified atom stereocenters. The van der Waals surface area contributed by atoms with Crippen molar-refractivity contribution < 1.29 is 18.3 Å². The molecule has 1 saturated heterocycles. The van der Waals surface area contributed by atoms with Gasteiger partial charge in [-0.15, -0.1) is 0 Å². The van der Waals surface area contributed by atoms with Crippen LogP contribution in [0.3, 0.4) is 0 Å². The van der Waals surface area contributed by atoms with Crippen LogP contribution < -0.4 is 5.32 Å². The molecular weight excluding hydrogens is 256 g/mol. The number of carbonyl (C=O) groups is 1. The molecule has 0 aromatic carbocycles. The average Bonchev–Trinajstić information content (AvgIpc) is 2.28. The van der Waals surface area contributed by atoms with E-state index in [1.54, 1.807) is 13.0 Å². The van der Waals surface area contributed by atoms with E-state index in [0.29, 0.717) is 25.2 Å². The lowest BCUT2D eigenvalue weighted by Gasteiger charge is -2.30. The van der Waals surface area contributed by atoms with E-state index in [9.17, 15) is 13.2 Å². The number of hydrogen-bond acceptors (Lipinski definition) is 4. The molecule has 1 rings (SSSR count). The van der Waals surface area contributed by atoms with Crippen molar-refractivity contribution in [2.24, 2.45) is 0 Å². The molecule has 104 valence electrons. The van der Waals surface area contributed by atoms with Crippen LogP contribution in [0.15, 0.2) is 11.6 Å². The smallest absolute Gasteiger partial charge is 0.330 e. The molecule has 0 aliphatic carbocycles. The van der Waals surface area contributed by atoms with Crippen LogP contribution in [-0.2, 0) is 14.8 Å². The zero-order valence-corrected chi connectivity index (χ0v) is 11.5. The van der Waals surface area contributed by atoms with Crippen LogP contribution >= 0.6 is 0 Å². The first-order chi connectivity index (χ1) is 8.30. The Morgan fingerprint density at radius 2 is 2.00 bits per heavy atom. The molecule has 18 heavy (non-hydrogen) atoms. The van der Waals surface area contributed by atoms with Crippen LogP contribution in [0.2, 0.25) is 0 Å². The van der Waals surface area contributed by atoms with Gasteiger partial charge in [-0.25, -0.2) is 17.5 Å². The highest BCUT2D eigenvalue weighted by Gasteiger charge is 2.24. The molecule has 1 aliphatic rings. The van der Waals surface area contributed by atoms with Crippen LogP contribution in [0.5, 0.6) is 0 Å². The Kier molecular flexibility index (Phi) is 5.30. The summed E-state index contributed by atoms with van der Waals surface area (Å²) in [6.45, 7) is 3.11. The SMILES string of the molecule is CC(=CCNC1CCN(S(C)(=O)=O)CC1)C(=O)O. The van der Waals surface area contributed by atoms with Gasteiger partial charge in [-0.1, -0.05) is 6.08 Å². The normalized spacial score (nSPS) is 20.0. The predicted octanol–water partition coefficient (Wildman–Crippen LogP) is 0.0309. The first-order valence-corrected chi connectivity index (χ1v) is 7.74. The van der Waals surface area contributed by atoms with Crippen molar-refractivity contribution in [3.8, 4) is 0 Å². The zero-order chi connectivity index (χ0) is 13.8. The average molecular weight is 276 g/mol. The number of carboxylic acids is 1. The van der Waals surface area contributed by atoms with E-state index in [0.717, 1.165) is 12.8 Å². The van der Waals surface area contributed by atoms with Crippen LogP contribution in [0.25, 0.3) is 0 Å². The summed E-state index contributed by atoms with van der Waals surface area (Å²) in [6.07, 6.45) is 4.37. The van der Waals surface area contributed by atoms with Crippen molar-refractivity contribution >= 4 is 16.0 Å². The zero-order valence-electron chi connectivity index (χ0n) is 10.7. The largest absolute Gasteiger partial charge is 0.478 e. The Labute approximate surface area is 108 Å². The molecule has 0 spiro atoms. The lowest BCUT2D eigenvalue weighted by Crippen LogP contribution is -2.44. The maximum Gasteiger partial charge on any atom is 0.330 e. The number of carboxylic acid groups (broad SMARTS) is 1.